The van der Waals surface area contributed by atoms with Gasteiger partial charge in [0, 0.05) is 11.1 Å². The van der Waals surface area contributed by atoms with Gasteiger partial charge in [0.05, 0.1) is 5.56 Å². The van der Waals surface area contributed by atoms with Gasteiger partial charge in [0.15, 0.2) is 0 Å². The fourth-order valence-electron chi connectivity index (χ4n) is 2.53. The van der Waals surface area contributed by atoms with Crippen LogP contribution in [0.4, 0.5) is 11.8 Å². The molecule has 9 heteroatoms. The zero-order valence-electron chi connectivity index (χ0n) is 16.2. The number of H-pyrrole nitrogens is 1. The molecule has 2 aromatic carbocycles. The average molecular weight is 431 g/mol. The molecule has 0 aliphatic carbocycles. The number of nitrogens with two attached hydrogens (primary N) is 2. The van der Waals surface area contributed by atoms with Crippen LogP contribution >= 0.6 is 11.6 Å². The number of carbonyl (C=O) groups is 1. The molecule has 0 atom stereocenters. The van der Waals surface area contributed by atoms with Crippen LogP contribution in [0, 0.1) is 0 Å². The van der Waals surface area contributed by atoms with Crippen molar-refractivity contribution in [1.29, 1.82) is 0 Å². The standard InChI is InChI=1S/C12H13ClN4.C9H8O3.H2O/c1-2-9-10(11(14)17-12(15)16-9)7-3-5-8(13)6-4-7;10-8-4-1-7(2-5-8)3-6-9(11)12;/h3-6H,2H2,1H3,(H4,14,15,16,17);1-6,10H,(H,11,12);1H2/b;6-3+;. The van der Waals surface area contributed by atoms with Crippen LogP contribution in [0.15, 0.2) is 54.6 Å². The van der Waals surface area contributed by atoms with Crippen molar-refractivity contribution in [2.75, 3.05) is 11.5 Å². The monoisotopic (exact) mass is 430 g/mol. The van der Waals surface area contributed by atoms with Crippen molar-refractivity contribution in [1.82, 2.24) is 4.98 Å². The van der Waals surface area contributed by atoms with E-state index >= 15 is 0 Å². The highest BCUT2D eigenvalue weighted by Gasteiger charge is 2.15. The van der Waals surface area contributed by atoms with Crippen LogP contribution in [0.2, 0.25) is 5.02 Å². The van der Waals surface area contributed by atoms with Crippen LogP contribution in [-0.2, 0) is 11.2 Å². The molecule has 1 heterocycles. The number of carboxylic acid groups (broad SMARTS) is 1. The highest BCUT2D eigenvalue weighted by molar-refractivity contribution is 6.30. The van der Waals surface area contributed by atoms with E-state index in [-0.39, 0.29) is 11.2 Å². The molecule has 8 N–H and O–H groups in total. The lowest BCUT2D eigenvalue weighted by atomic mass is 10.0. The number of aryl methyl sites for hydroxylation is 1. The van der Waals surface area contributed by atoms with Crippen LogP contribution in [-0.4, -0.2) is 21.5 Å². The molecule has 0 radical (unpaired) electrons. The Hall–Kier alpha value is -3.62. The Bertz CT molecular complexity index is 1010. The van der Waals surface area contributed by atoms with Gasteiger partial charge in [0.25, 0.3) is 0 Å². The van der Waals surface area contributed by atoms with Gasteiger partial charge in [-0.2, -0.15) is 0 Å². The Morgan fingerprint density at radius 2 is 1.77 bits per heavy atom. The summed E-state index contributed by atoms with van der Waals surface area (Å²) >= 11 is 5.86. The summed E-state index contributed by atoms with van der Waals surface area (Å²) in [7, 11) is 0. The number of hydrogen-bond acceptors (Lipinski definition) is 5. The minimum Gasteiger partial charge on any atom is -0.872 e. The summed E-state index contributed by atoms with van der Waals surface area (Å²) in [6.45, 7) is 2.01. The molecule has 8 nitrogen and oxygen atoms in total. The van der Waals surface area contributed by atoms with Crippen LogP contribution in [0.25, 0.3) is 17.2 Å². The second kappa shape index (κ2) is 11.4. The normalized spacial score (nSPS) is 10.1. The Kier molecular flexibility index (Phi) is 9.28. The molecule has 1 aromatic heterocycles. The van der Waals surface area contributed by atoms with E-state index in [2.05, 4.69) is 9.97 Å². The minimum absolute atomic E-state index is 0. The third kappa shape index (κ3) is 7.08. The van der Waals surface area contributed by atoms with E-state index in [0.29, 0.717) is 22.4 Å². The maximum Gasteiger partial charge on any atom is 0.342 e. The van der Waals surface area contributed by atoms with Gasteiger partial charge in [-0.3, -0.25) is 0 Å². The Morgan fingerprint density at radius 3 is 2.30 bits per heavy atom. The second-order valence-corrected chi connectivity index (χ2v) is 6.39. The summed E-state index contributed by atoms with van der Waals surface area (Å²) in [4.78, 5) is 17.2. The van der Waals surface area contributed by atoms with E-state index in [4.69, 9.17) is 28.2 Å². The number of aromatic nitrogens is 2. The number of nitrogens with one attached hydrogen (secondary N) is 1. The first kappa shape index (κ1) is 24.4. The first-order valence-electron chi connectivity index (χ1n) is 8.71. The summed E-state index contributed by atoms with van der Waals surface area (Å²) < 4.78 is 0. The fourth-order valence-corrected chi connectivity index (χ4v) is 2.65. The van der Waals surface area contributed by atoms with Gasteiger partial charge >= 0.3 is 11.9 Å². The van der Waals surface area contributed by atoms with E-state index in [1.54, 1.807) is 12.1 Å². The molecule has 0 fully saturated rings. The number of hydrogen-bond donors (Lipinski definition) is 3. The maximum atomic E-state index is 10.6. The van der Waals surface area contributed by atoms with Crippen molar-refractivity contribution >= 4 is 35.4 Å². The fraction of sp³-hybridized carbons (Fsp3) is 0.0952. The molecule has 0 amide bonds. The quantitative estimate of drug-likeness (QED) is 0.534. The lowest BCUT2D eigenvalue weighted by molar-refractivity contribution is -0.346. The molecule has 30 heavy (non-hydrogen) atoms. The average Bonchev–Trinajstić information content (AvgIpc) is 2.68. The van der Waals surface area contributed by atoms with Crippen molar-refractivity contribution in [3.05, 3.63) is 70.9 Å². The molecule has 0 aliphatic heterocycles. The van der Waals surface area contributed by atoms with Gasteiger partial charge < -0.3 is 27.2 Å². The molecule has 0 saturated heterocycles. The van der Waals surface area contributed by atoms with E-state index in [1.165, 1.54) is 18.2 Å². The van der Waals surface area contributed by atoms with Gasteiger partial charge in [0.1, 0.15) is 5.69 Å². The summed E-state index contributed by atoms with van der Waals surface area (Å²) in [5.41, 5.74) is 15.0. The molecule has 3 aromatic rings. The summed E-state index contributed by atoms with van der Waals surface area (Å²) in [6.07, 6.45) is 3.22. The van der Waals surface area contributed by atoms with E-state index in [9.17, 15) is 9.90 Å². The number of rotatable bonds is 4. The molecule has 3 rings (SSSR count). The maximum absolute atomic E-state index is 10.6. The lowest BCUT2D eigenvalue weighted by Gasteiger charge is -2.07. The van der Waals surface area contributed by atoms with Crippen molar-refractivity contribution in [2.24, 2.45) is 0 Å². The van der Waals surface area contributed by atoms with Gasteiger partial charge in [-0.25, -0.2) is 9.78 Å². The number of anilines is 2. The first-order chi connectivity index (χ1) is 13.8. The largest absolute Gasteiger partial charge is 0.872 e. The van der Waals surface area contributed by atoms with E-state index in [1.807, 2.05) is 31.2 Å². The number of benzene rings is 2. The van der Waals surface area contributed by atoms with Crippen LogP contribution in [0.1, 0.15) is 18.2 Å². The van der Waals surface area contributed by atoms with Gasteiger partial charge in [0.2, 0.25) is 5.82 Å². The first-order valence-corrected chi connectivity index (χ1v) is 9.09. The summed E-state index contributed by atoms with van der Waals surface area (Å²) in [5, 5.41) is 19.6. The van der Waals surface area contributed by atoms with Crippen molar-refractivity contribution in [3.63, 3.8) is 0 Å². The molecule has 0 unspecified atom stereocenters. The Balaban J connectivity index is 0.000000308. The Morgan fingerprint density at radius 1 is 1.17 bits per heavy atom. The summed E-state index contributed by atoms with van der Waals surface area (Å²) in [6, 6.07) is 13.4. The number of aliphatic carboxylic acids is 1. The van der Waals surface area contributed by atoms with Gasteiger partial charge in [-0.15, -0.1) is 10.7 Å². The van der Waals surface area contributed by atoms with Crippen LogP contribution in [0.3, 0.4) is 0 Å². The zero-order chi connectivity index (χ0) is 21.4. The number of nitrogens with zero attached hydrogens (tertiary/aromatic N) is 1. The van der Waals surface area contributed by atoms with Crippen molar-refractivity contribution in [2.45, 2.75) is 13.3 Å². The third-order valence-electron chi connectivity index (χ3n) is 3.84. The highest BCUT2D eigenvalue weighted by Crippen LogP contribution is 2.27. The topological polar surface area (TPSA) is 171 Å². The SMILES string of the molecule is CCc1nc(N)[nH+]c(N)c1-c1ccc(Cl)cc1.O.O=C(O)/C=C/c1ccc([O-])cc1. The number of halogens is 1. The van der Waals surface area contributed by atoms with E-state index in [0.717, 1.165) is 29.3 Å². The lowest BCUT2D eigenvalue weighted by Crippen LogP contribution is -2.20. The zero-order valence-corrected chi connectivity index (χ0v) is 17.0. The van der Waals surface area contributed by atoms with Gasteiger partial charge in [-0.05, 0) is 35.8 Å². The predicted molar refractivity (Wildman–Crippen MR) is 116 cm³/mol. The number of nitrogen functional groups attached to an aromatic ring is 2. The van der Waals surface area contributed by atoms with E-state index < -0.39 is 5.97 Å². The molecule has 0 saturated carbocycles. The predicted octanol–water partition coefficient (Wildman–Crippen LogP) is 1.98. The van der Waals surface area contributed by atoms with Crippen molar-refractivity contribution in [3.8, 4) is 16.9 Å². The number of carboxylic acids is 1. The highest BCUT2D eigenvalue weighted by atomic mass is 35.5. The van der Waals surface area contributed by atoms with Crippen molar-refractivity contribution < 1.29 is 25.5 Å². The minimum atomic E-state index is -0.999. The second-order valence-electron chi connectivity index (χ2n) is 5.96. The number of aromatic amines is 1. The molecular weight excluding hydrogens is 408 g/mol. The smallest absolute Gasteiger partial charge is 0.342 e. The van der Waals surface area contributed by atoms with Crippen LogP contribution < -0.4 is 21.6 Å². The molecular formula is C21H23ClN4O4. The van der Waals surface area contributed by atoms with Gasteiger partial charge in [-0.1, -0.05) is 54.9 Å². The molecule has 158 valence electrons. The Labute approximate surface area is 178 Å². The summed E-state index contributed by atoms with van der Waals surface area (Å²) in [5.74, 6) is -0.225. The molecule has 0 bridgehead atoms. The third-order valence-corrected chi connectivity index (χ3v) is 4.09. The molecule has 0 aliphatic rings. The molecule has 0 spiro atoms. The van der Waals surface area contributed by atoms with Crippen LogP contribution in [0.5, 0.6) is 5.75 Å².